The number of aromatic nitrogens is 1. The quantitative estimate of drug-likeness (QED) is 0.272. The third kappa shape index (κ3) is 5.04. The average Bonchev–Trinajstić information content (AvgIpc) is 3.21. The van der Waals surface area contributed by atoms with E-state index in [1.165, 1.54) is 23.0 Å². The normalized spacial score (nSPS) is 15.0. The second kappa shape index (κ2) is 11.6. The van der Waals surface area contributed by atoms with Crippen LogP contribution >= 0.6 is 33.9 Å². The fourth-order valence-corrected chi connectivity index (χ4v) is 6.19. The lowest BCUT2D eigenvalue weighted by Crippen LogP contribution is -2.40. The summed E-state index contributed by atoms with van der Waals surface area (Å²) >= 11 is 3.41. The number of carbonyl (C=O) groups excluding carboxylic acids is 1. The van der Waals surface area contributed by atoms with Crippen molar-refractivity contribution in [1.29, 1.82) is 0 Å². The zero-order valence-electron chi connectivity index (χ0n) is 21.8. The first-order valence-corrected chi connectivity index (χ1v) is 13.5. The van der Waals surface area contributed by atoms with E-state index < -0.39 is 12.0 Å². The van der Waals surface area contributed by atoms with Crippen LogP contribution in [-0.2, 0) is 9.53 Å². The van der Waals surface area contributed by atoms with E-state index in [0.717, 1.165) is 9.13 Å². The maximum Gasteiger partial charge on any atom is 0.338 e. The number of hydrogen-bond donors (Lipinski definition) is 0. The van der Waals surface area contributed by atoms with Crippen LogP contribution in [-0.4, -0.2) is 45.6 Å². The molecule has 0 aliphatic carbocycles. The highest BCUT2D eigenvalue weighted by atomic mass is 127. The molecule has 11 heteroatoms. The molecule has 1 aromatic heterocycles. The summed E-state index contributed by atoms with van der Waals surface area (Å²) < 4.78 is 30.0. The molecule has 2 heterocycles. The molecule has 0 saturated heterocycles. The number of allylic oxidation sites excluding steroid dienone is 1. The fraction of sp³-hybridized carbons (Fsp3) is 0.296. The molecular formula is C27H27IN2O7S. The van der Waals surface area contributed by atoms with E-state index in [-0.39, 0.29) is 12.2 Å². The Labute approximate surface area is 237 Å². The van der Waals surface area contributed by atoms with Crippen LogP contribution in [0.15, 0.2) is 51.4 Å². The molecule has 1 aliphatic rings. The van der Waals surface area contributed by atoms with Crippen molar-refractivity contribution in [3.63, 3.8) is 0 Å². The summed E-state index contributed by atoms with van der Waals surface area (Å²) in [6, 6.07) is 8.25. The van der Waals surface area contributed by atoms with E-state index in [0.29, 0.717) is 49.2 Å². The first kappa shape index (κ1) is 27.7. The minimum absolute atomic E-state index is 0.191. The Kier molecular flexibility index (Phi) is 8.46. The van der Waals surface area contributed by atoms with Gasteiger partial charge in [0.15, 0.2) is 27.8 Å². The molecule has 0 saturated carbocycles. The van der Waals surface area contributed by atoms with Gasteiger partial charge in [-0.15, -0.1) is 0 Å². The topological polar surface area (TPSA) is 97.6 Å². The van der Waals surface area contributed by atoms with Gasteiger partial charge in [0.1, 0.15) is 0 Å². The van der Waals surface area contributed by atoms with Gasteiger partial charge in [-0.3, -0.25) is 9.36 Å². The van der Waals surface area contributed by atoms with Gasteiger partial charge < -0.3 is 23.7 Å². The van der Waals surface area contributed by atoms with Crippen LogP contribution in [0, 0.1) is 3.57 Å². The molecule has 1 aliphatic heterocycles. The highest BCUT2D eigenvalue weighted by Gasteiger charge is 2.34. The molecule has 9 nitrogen and oxygen atoms in total. The Hall–Kier alpha value is -3.32. The Morgan fingerprint density at radius 3 is 2.39 bits per heavy atom. The van der Waals surface area contributed by atoms with Crippen molar-refractivity contribution in [3.8, 4) is 23.0 Å². The minimum atomic E-state index is -0.766. The lowest BCUT2D eigenvalue weighted by molar-refractivity contribution is -0.139. The van der Waals surface area contributed by atoms with Crippen LogP contribution < -0.4 is 33.8 Å². The average molecular weight is 650 g/mol. The highest BCUT2D eigenvalue weighted by Crippen LogP contribution is 2.36. The van der Waals surface area contributed by atoms with Gasteiger partial charge >= 0.3 is 5.97 Å². The molecule has 1 atom stereocenters. The van der Waals surface area contributed by atoms with Crippen molar-refractivity contribution < 1.29 is 28.5 Å². The van der Waals surface area contributed by atoms with E-state index in [1.54, 1.807) is 65.5 Å². The second-order valence-electron chi connectivity index (χ2n) is 8.15. The van der Waals surface area contributed by atoms with Crippen molar-refractivity contribution in [2.75, 3.05) is 35.0 Å². The predicted molar refractivity (Wildman–Crippen MR) is 152 cm³/mol. The third-order valence-electron chi connectivity index (χ3n) is 5.99. The number of hydrogen-bond acceptors (Lipinski definition) is 9. The number of esters is 1. The van der Waals surface area contributed by atoms with E-state index >= 15 is 0 Å². The number of thiazole rings is 1. The fourth-order valence-electron chi connectivity index (χ4n) is 4.30. The van der Waals surface area contributed by atoms with Crippen LogP contribution in [0.4, 0.5) is 0 Å². The lowest BCUT2D eigenvalue weighted by atomic mass is 9.95. The van der Waals surface area contributed by atoms with Crippen molar-refractivity contribution in [2.45, 2.75) is 19.9 Å². The molecular weight excluding hydrogens is 623 g/mol. The van der Waals surface area contributed by atoms with Gasteiger partial charge in [-0.2, -0.15) is 0 Å². The van der Waals surface area contributed by atoms with E-state index in [2.05, 4.69) is 27.6 Å². The molecule has 0 amide bonds. The van der Waals surface area contributed by atoms with Crippen LogP contribution in [0.25, 0.3) is 6.08 Å². The van der Waals surface area contributed by atoms with Gasteiger partial charge in [0, 0.05) is 0 Å². The van der Waals surface area contributed by atoms with Crippen molar-refractivity contribution in [3.05, 3.63) is 76.0 Å². The molecule has 0 unspecified atom stereocenters. The van der Waals surface area contributed by atoms with E-state index in [9.17, 15) is 9.59 Å². The standard InChI is InChI=1S/C27H27IN2O7S/c1-7-37-26(32)22-14(2)29-27-30(23(22)16-8-9-18(33-3)19(13-16)34-4)25(31)21(38-27)12-15-10-17(28)24(36-6)20(11-15)35-5/h8-13,23H,7H2,1-6H3/b21-12-/t23-/m1/s1. The first-order valence-electron chi connectivity index (χ1n) is 11.6. The summed E-state index contributed by atoms with van der Waals surface area (Å²) in [6.07, 6.45) is 1.78. The van der Waals surface area contributed by atoms with E-state index in [1.807, 2.05) is 6.07 Å². The molecule has 38 heavy (non-hydrogen) atoms. The molecule has 200 valence electrons. The van der Waals surface area contributed by atoms with Crippen molar-refractivity contribution >= 4 is 46.0 Å². The molecule has 0 N–H and O–H groups in total. The number of rotatable bonds is 8. The molecule has 0 fully saturated rings. The number of nitrogens with zero attached hydrogens (tertiary/aromatic N) is 2. The summed E-state index contributed by atoms with van der Waals surface area (Å²) in [7, 11) is 6.22. The number of methoxy groups -OCH3 is 4. The van der Waals surface area contributed by atoms with Gasteiger partial charge in [0.2, 0.25) is 0 Å². The number of halogens is 1. The van der Waals surface area contributed by atoms with Gasteiger partial charge in [0.25, 0.3) is 5.56 Å². The molecule has 3 aromatic rings. The molecule has 4 rings (SSSR count). The zero-order chi connectivity index (χ0) is 27.6. The summed E-state index contributed by atoms with van der Waals surface area (Å²) in [5, 5.41) is 0. The lowest BCUT2D eigenvalue weighted by Gasteiger charge is -2.25. The van der Waals surface area contributed by atoms with Crippen LogP contribution in [0.3, 0.4) is 0 Å². The SMILES string of the molecule is CCOC(=O)C1=C(C)N=c2s/c(=C\c3cc(I)c(OC)c(OC)c3)c(=O)n2[C@@H]1c1ccc(OC)c(OC)c1. The molecule has 0 spiro atoms. The van der Waals surface area contributed by atoms with Crippen molar-refractivity contribution in [1.82, 2.24) is 4.57 Å². The maximum atomic E-state index is 13.9. The monoisotopic (exact) mass is 650 g/mol. The Morgan fingerprint density at radius 1 is 1.05 bits per heavy atom. The second-order valence-corrected chi connectivity index (χ2v) is 10.3. The number of fused-ring (bicyclic) bond motifs is 1. The Morgan fingerprint density at radius 2 is 1.76 bits per heavy atom. The van der Waals surface area contributed by atoms with Crippen LogP contribution in [0.2, 0.25) is 0 Å². The summed E-state index contributed by atoms with van der Waals surface area (Å²) in [5.74, 6) is 1.66. The predicted octanol–water partition coefficient (Wildman–Crippen LogP) is 3.44. The Balaban J connectivity index is 1.96. The largest absolute Gasteiger partial charge is 0.493 e. The summed E-state index contributed by atoms with van der Waals surface area (Å²) in [4.78, 5) is 32.1. The molecule has 2 aromatic carbocycles. The Bertz CT molecular complexity index is 1610. The first-order chi connectivity index (χ1) is 18.3. The minimum Gasteiger partial charge on any atom is -0.493 e. The third-order valence-corrected chi connectivity index (χ3v) is 7.78. The molecule has 0 radical (unpaired) electrons. The van der Waals surface area contributed by atoms with Crippen molar-refractivity contribution in [2.24, 2.45) is 4.99 Å². The van der Waals surface area contributed by atoms with Crippen LogP contribution in [0.1, 0.15) is 31.0 Å². The van der Waals surface area contributed by atoms with Gasteiger partial charge in [-0.05, 0) is 77.9 Å². The number of ether oxygens (including phenoxy) is 5. The van der Waals surface area contributed by atoms with Crippen LogP contribution in [0.5, 0.6) is 23.0 Å². The summed E-state index contributed by atoms with van der Waals surface area (Å²) in [6.45, 7) is 3.67. The highest BCUT2D eigenvalue weighted by molar-refractivity contribution is 14.1. The van der Waals surface area contributed by atoms with Gasteiger partial charge in [-0.1, -0.05) is 17.4 Å². The number of benzene rings is 2. The maximum absolute atomic E-state index is 13.9. The van der Waals surface area contributed by atoms with Gasteiger partial charge in [0.05, 0.1) is 60.5 Å². The number of carbonyl (C=O) groups is 1. The van der Waals surface area contributed by atoms with Gasteiger partial charge in [-0.25, -0.2) is 9.79 Å². The zero-order valence-corrected chi connectivity index (χ0v) is 24.8. The summed E-state index contributed by atoms with van der Waals surface area (Å²) in [5.41, 5.74) is 1.91. The van der Waals surface area contributed by atoms with E-state index in [4.69, 9.17) is 23.7 Å². The smallest absolute Gasteiger partial charge is 0.338 e. The molecule has 0 bridgehead atoms.